The molecule has 0 radical (unpaired) electrons. The maximum Gasteiger partial charge on any atom is 0.290 e. The summed E-state index contributed by atoms with van der Waals surface area (Å²) in [6.45, 7) is 7.32. The predicted molar refractivity (Wildman–Crippen MR) is 134 cm³/mol. The van der Waals surface area contributed by atoms with Crippen LogP contribution in [0.5, 0.6) is 0 Å². The van der Waals surface area contributed by atoms with Gasteiger partial charge in [-0.3, -0.25) is 24.2 Å². The van der Waals surface area contributed by atoms with Crippen LogP contribution in [0.4, 0.5) is 5.82 Å². The molecule has 0 saturated carbocycles. The highest BCUT2D eigenvalue weighted by atomic mass is 16.5. The largest absolute Gasteiger partial charge is 0.483 e. The second kappa shape index (κ2) is 13.7. The summed E-state index contributed by atoms with van der Waals surface area (Å²) in [5.41, 5.74) is 9.47. The topological polar surface area (TPSA) is 151 Å². The zero-order chi connectivity index (χ0) is 25.9. The van der Waals surface area contributed by atoms with Gasteiger partial charge in [0.1, 0.15) is 5.82 Å². The number of rotatable bonds is 4. The van der Waals surface area contributed by atoms with Crippen LogP contribution in [0.1, 0.15) is 35.6 Å². The molecule has 5 rings (SSSR count). The number of nitrogens with two attached hydrogens (primary N) is 1. The molecular formula is C25H35N5O6. The van der Waals surface area contributed by atoms with E-state index in [2.05, 4.69) is 37.5 Å². The zero-order valence-corrected chi connectivity index (χ0v) is 20.4. The van der Waals surface area contributed by atoms with Crippen LogP contribution in [0.15, 0.2) is 35.3 Å². The van der Waals surface area contributed by atoms with Crippen LogP contribution in [-0.2, 0) is 34.0 Å². The maximum atomic E-state index is 13.3. The number of fused-ring (bicyclic) bond motifs is 4. The predicted octanol–water partition coefficient (Wildman–Crippen LogP) is 1.07. The molecule has 0 amide bonds. The summed E-state index contributed by atoms with van der Waals surface area (Å²) in [5.74, 6) is 1.53. The van der Waals surface area contributed by atoms with Gasteiger partial charge in [0.2, 0.25) is 0 Å². The molecule has 4 N–H and O–H groups in total. The summed E-state index contributed by atoms with van der Waals surface area (Å²) in [5, 5.41) is 13.8. The lowest BCUT2D eigenvalue weighted by atomic mass is 9.82. The molecule has 3 aliphatic rings. The smallest absolute Gasteiger partial charge is 0.290 e. The van der Waals surface area contributed by atoms with Gasteiger partial charge in [-0.25, -0.2) is 4.98 Å². The van der Waals surface area contributed by atoms with Crippen LogP contribution in [0.3, 0.4) is 0 Å². The summed E-state index contributed by atoms with van der Waals surface area (Å²) < 4.78 is 7.62. The van der Waals surface area contributed by atoms with Gasteiger partial charge in [-0.05, 0) is 30.9 Å². The van der Waals surface area contributed by atoms with Gasteiger partial charge >= 0.3 is 0 Å². The molecule has 11 heteroatoms. The fourth-order valence-electron chi connectivity index (χ4n) is 5.36. The Balaban J connectivity index is 0.000000550. The summed E-state index contributed by atoms with van der Waals surface area (Å²) in [6, 6.07) is 8.28. The van der Waals surface area contributed by atoms with Gasteiger partial charge in [-0.2, -0.15) is 0 Å². The highest BCUT2D eigenvalue weighted by Gasteiger charge is 2.35. The van der Waals surface area contributed by atoms with Crippen molar-refractivity contribution in [2.75, 3.05) is 45.1 Å². The molecule has 11 nitrogen and oxygen atoms in total. The first-order valence-electron chi connectivity index (χ1n) is 12.1. The number of ether oxygens (including phenoxy) is 1. The summed E-state index contributed by atoms with van der Waals surface area (Å²) in [7, 11) is 0. The molecule has 0 unspecified atom stereocenters. The zero-order valence-electron chi connectivity index (χ0n) is 20.4. The van der Waals surface area contributed by atoms with Gasteiger partial charge in [-0.15, -0.1) is 0 Å². The number of nitrogen functional groups attached to an aromatic ring is 1. The van der Waals surface area contributed by atoms with Crippen molar-refractivity contribution in [1.82, 2.24) is 19.4 Å². The Kier molecular flexibility index (Phi) is 10.4. The average molecular weight is 502 g/mol. The molecule has 2 aromatic rings. The third kappa shape index (κ3) is 7.12. The van der Waals surface area contributed by atoms with E-state index >= 15 is 0 Å². The van der Waals surface area contributed by atoms with Crippen molar-refractivity contribution in [2.24, 2.45) is 5.92 Å². The molecule has 0 aliphatic carbocycles. The van der Waals surface area contributed by atoms with Crippen molar-refractivity contribution in [3.05, 3.63) is 57.6 Å². The third-order valence-electron chi connectivity index (χ3n) is 6.79. The third-order valence-corrected chi connectivity index (χ3v) is 6.79. The number of carboxylic acid groups (broad SMARTS) is 2. The Hall–Kier alpha value is -3.28. The second-order valence-corrected chi connectivity index (χ2v) is 9.19. The summed E-state index contributed by atoms with van der Waals surface area (Å²) >= 11 is 0. The molecule has 2 saturated heterocycles. The van der Waals surface area contributed by atoms with Crippen molar-refractivity contribution in [3.8, 4) is 0 Å². The van der Waals surface area contributed by atoms with E-state index in [4.69, 9.17) is 30.3 Å². The Morgan fingerprint density at radius 2 is 1.75 bits per heavy atom. The standard InChI is InChI=1S/C23H31N5O2.2CH2O2/c24-22-18(3-1-6-25-22)14-27-12-17-11-20(16-27)21-5-4-19(23(29)28(21)13-17)15-26-7-2-9-30-10-8-26;2*2-1-3/h1,3-6,17,20H,2,7-16H2,(H2,24,25);2*1H,(H,2,3)/t17-,20+;;/m0../s1. The molecule has 5 heterocycles. The van der Waals surface area contributed by atoms with Crippen LogP contribution in [-0.4, -0.2) is 81.9 Å². The molecule has 3 aliphatic heterocycles. The van der Waals surface area contributed by atoms with E-state index < -0.39 is 0 Å². The molecule has 36 heavy (non-hydrogen) atoms. The van der Waals surface area contributed by atoms with Crippen LogP contribution < -0.4 is 11.3 Å². The minimum absolute atomic E-state index is 0.206. The first kappa shape index (κ1) is 27.3. The minimum atomic E-state index is -0.250. The van der Waals surface area contributed by atoms with Crippen LogP contribution in [0.25, 0.3) is 0 Å². The first-order valence-corrected chi connectivity index (χ1v) is 12.1. The van der Waals surface area contributed by atoms with Gasteiger partial charge in [-0.1, -0.05) is 12.1 Å². The van der Waals surface area contributed by atoms with E-state index in [9.17, 15) is 4.79 Å². The van der Waals surface area contributed by atoms with Gasteiger partial charge in [0.15, 0.2) is 0 Å². The molecule has 2 fully saturated rings. The number of pyridine rings is 2. The van der Waals surface area contributed by atoms with Crippen molar-refractivity contribution in [1.29, 1.82) is 0 Å². The van der Waals surface area contributed by atoms with Crippen molar-refractivity contribution in [2.45, 2.75) is 38.4 Å². The van der Waals surface area contributed by atoms with E-state index in [0.717, 1.165) is 76.6 Å². The van der Waals surface area contributed by atoms with Crippen molar-refractivity contribution in [3.63, 3.8) is 0 Å². The molecule has 2 atom stereocenters. The highest BCUT2D eigenvalue weighted by molar-refractivity contribution is 5.38. The molecule has 2 aromatic heterocycles. The number of likely N-dealkylation sites (tertiary alicyclic amines) is 1. The number of aromatic nitrogens is 2. The maximum absolute atomic E-state index is 13.3. The first-order chi connectivity index (χ1) is 17.5. The van der Waals surface area contributed by atoms with Gasteiger partial charge in [0.25, 0.3) is 18.5 Å². The lowest BCUT2D eigenvalue weighted by molar-refractivity contribution is -0.123. The normalized spacial score (nSPS) is 21.4. The van der Waals surface area contributed by atoms with Gasteiger partial charge in [0.05, 0.1) is 6.61 Å². The van der Waals surface area contributed by atoms with Crippen LogP contribution in [0.2, 0.25) is 0 Å². The molecule has 196 valence electrons. The van der Waals surface area contributed by atoms with Crippen molar-refractivity contribution < 1.29 is 24.5 Å². The summed E-state index contributed by atoms with van der Waals surface area (Å²) in [6.07, 6.45) is 3.94. The SMILES string of the molecule is Nc1ncccc1CN1C[C@@H]2C[C@H](C1)c1ccc(CN3CCCOCC3)c(=O)n1C2.O=CO.O=CO. The quantitative estimate of drug-likeness (QED) is 0.519. The van der Waals surface area contributed by atoms with Crippen LogP contribution >= 0.6 is 0 Å². The number of carbonyl (C=O) groups is 2. The van der Waals surface area contributed by atoms with E-state index in [-0.39, 0.29) is 18.5 Å². The van der Waals surface area contributed by atoms with Gasteiger partial charge in [0, 0.05) is 81.4 Å². The number of hydrogen-bond acceptors (Lipinski definition) is 8. The van der Waals surface area contributed by atoms with Crippen LogP contribution in [0, 0.1) is 5.92 Å². The minimum Gasteiger partial charge on any atom is -0.483 e. The van der Waals surface area contributed by atoms with E-state index in [1.54, 1.807) is 6.20 Å². The second-order valence-electron chi connectivity index (χ2n) is 9.19. The Bertz CT molecular complexity index is 1050. The number of anilines is 1. The van der Waals surface area contributed by atoms with E-state index in [1.807, 2.05) is 6.07 Å². The number of nitrogens with zero attached hydrogens (tertiary/aromatic N) is 4. The van der Waals surface area contributed by atoms with E-state index in [1.165, 1.54) is 12.1 Å². The molecule has 0 spiro atoms. The molecular weight excluding hydrogens is 466 g/mol. The fraction of sp³-hybridized carbons (Fsp3) is 0.520. The molecule has 0 aromatic carbocycles. The number of hydrogen-bond donors (Lipinski definition) is 3. The Labute approximate surface area is 210 Å². The molecule has 2 bridgehead atoms. The highest BCUT2D eigenvalue weighted by Crippen LogP contribution is 2.36. The van der Waals surface area contributed by atoms with Gasteiger partial charge < -0.3 is 25.3 Å². The lowest BCUT2D eigenvalue weighted by Crippen LogP contribution is -2.47. The van der Waals surface area contributed by atoms with E-state index in [0.29, 0.717) is 17.7 Å². The summed E-state index contributed by atoms with van der Waals surface area (Å²) in [4.78, 5) is 39.1. The van der Waals surface area contributed by atoms with Crippen molar-refractivity contribution >= 4 is 18.8 Å². The number of piperidine rings is 1. The Morgan fingerprint density at radius 3 is 2.50 bits per heavy atom. The fourth-order valence-corrected chi connectivity index (χ4v) is 5.36. The lowest BCUT2D eigenvalue weighted by Gasteiger charge is -2.43. The Morgan fingerprint density at radius 1 is 1.00 bits per heavy atom. The average Bonchev–Trinajstić information content (AvgIpc) is 3.12. The monoisotopic (exact) mass is 501 g/mol.